The maximum Gasteiger partial charge on any atom is 0.229 e. The lowest BCUT2D eigenvalue weighted by molar-refractivity contribution is 0.606. The van der Waals surface area contributed by atoms with Gasteiger partial charge in [-0.3, -0.25) is 9.71 Å². The minimum Gasteiger partial charge on any atom is -0.282 e. The van der Waals surface area contributed by atoms with Gasteiger partial charge in [0.05, 0.1) is 46.2 Å². The van der Waals surface area contributed by atoms with Crippen LogP contribution in [-0.2, 0) is 16.4 Å². The Bertz CT molecular complexity index is 1370. The van der Waals surface area contributed by atoms with Gasteiger partial charge in [0.1, 0.15) is 12.1 Å². The summed E-state index contributed by atoms with van der Waals surface area (Å²) in [6, 6.07) is 7.59. The van der Waals surface area contributed by atoms with Gasteiger partial charge in [0.15, 0.2) is 0 Å². The molecule has 0 radical (unpaired) electrons. The van der Waals surface area contributed by atoms with Crippen LogP contribution >= 0.6 is 0 Å². The molecule has 0 spiro atoms. The highest BCUT2D eigenvalue weighted by molar-refractivity contribution is 7.92. The molecule has 0 aliphatic rings. The van der Waals surface area contributed by atoms with Crippen LogP contribution in [0.4, 0.5) is 10.1 Å². The minimum atomic E-state index is -3.47. The first-order chi connectivity index (χ1) is 14.7. The molecule has 0 saturated carbocycles. The number of hydrogen-bond donors (Lipinski definition) is 1. The van der Waals surface area contributed by atoms with Gasteiger partial charge in [-0.05, 0) is 37.6 Å². The summed E-state index contributed by atoms with van der Waals surface area (Å²) in [5.74, 6) is 5.38. The molecule has 0 aliphatic carbocycles. The van der Waals surface area contributed by atoms with Crippen molar-refractivity contribution in [1.29, 1.82) is 5.26 Å². The number of pyridine rings is 1. The number of halogens is 1. The Morgan fingerprint density at radius 2 is 1.90 bits per heavy atom. The molecule has 0 aliphatic heterocycles. The summed E-state index contributed by atoms with van der Waals surface area (Å²) >= 11 is 0. The minimum absolute atomic E-state index is 0.155. The second-order valence-corrected chi connectivity index (χ2v) is 8.43. The van der Waals surface area contributed by atoms with Gasteiger partial charge < -0.3 is 0 Å². The second kappa shape index (κ2) is 8.90. The van der Waals surface area contributed by atoms with Crippen molar-refractivity contribution in [3.8, 4) is 29.2 Å². The molecule has 2 aromatic heterocycles. The molecular weight excluding hydrogens is 417 g/mol. The Morgan fingerprint density at radius 3 is 2.58 bits per heavy atom. The largest absolute Gasteiger partial charge is 0.282 e. The molecule has 3 aromatic rings. The third-order valence-corrected chi connectivity index (χ3v) is 4.92. The molecule has 1 N–H and O–H groups in total. The predicted octanol–water partition coefficient (Wildman–Crippen LogP) is 3.19. The van der Waals surface area contributed by atoms with Gasteiger partial charge in [-0.25, -0.2) is 22.8 Å². The van der Waals surface area contributed by atoms with Crippen molar-refractivity contribution < 1.29 is 12.8 Å². The molecule has 7 nitrogen and oxygen atoms in total. The van der Waals surface area contributed by atoms with Crippen LogP contribution in [0.1, 0.15) is 35.0 Å². The van der Waals surface area contributed by atoms with Gasteiger partial charge in [0, 0.05) is 17.3 Å². The van der Waals surface area contributed by atoms with E-state index >= 15 is 0 Å². The first kappa shape index (κ1) is 21.9. The van der Waals surface area contributed by atoms with Gasteiger partial charge in [-0.15, -0.1) is 0 Å². The molecule has 156 valence electrons. The number of rotatable bonds is 4. The first-order valence-corrected chi connectivity index (χ1v) is 11.1. The predicted molar refractivity (Wildman–Crippen MR) is 115 cm³/mol. The van der Waals surface area contributed by atoms with E-state index in [1.807, 2.05) is 13.0 Å². The molecule has 0 bridgehead atoms. The Labute approximate surface area is 180 Å². The maximum atomic E-state index is 14.5. The number of aromatic nitrogens is 3. The Kier molecular flexibility index (Phi) is 6.28. The Morgan fingerprint density at radius 1 is 1.13 bits per heavy atom. The summed E-state index contributed by atoms with van der Waals surface area (Å²) in [5.41, 5.74) is 3.06. The van der Waals surface area contributed by atoms with E-state index in [0.29, 0.717) is 40.2 Å². The summed E-state index contributed by atoms with van der Waals surface area (Å²) in [6.07, 6.45) is 4.43. The highest BCUT2D eigenvalue weighted by atomic mass is 32.2. The van der Waals surface area contributed by atoms with Crippen molar-refractivity contribution in [2.24, 2.45) is 0 Å². The zero-order valence-electron chi connectivity index (χ0n) is 17.1. The number of benzene rings is 1. The lowest BCUT2D eigenvalue weighted by Crippen LogP contribution is -2.11. The molecule has 3 rings (SSSR count). The molecule has 0 unspecified atom stereocenters. The van der Waals surface area contributed by atoms with E-state index in [-0.39, 0.29) is 11.3 Å². The normalized spacial score (nSPS) is 10.7. The van der Waals surface area contributed by atoms with Crippen molar-refractivity contribution in [2.75, 3.05) is 11.0 Å². The molecule has 0 amide bonds. The average Bonchev–Trinajstić information content (AvgIpc) is 2.73. The quantitative estimate of drug-likeness (QED) is 0.631. The number of aryl methyl sites for hydroxylation is 2. The summed E-state index contributed by atoms with van der Waals surface area (Å²) in [7, 11) is -3.47. The first-order valence-electron chi connectivity index (χ1n) is 9.22. The van der Waals surface area contributed by atoms with Crippen LogP contribution in [-0.4, -0.2) is 29.6 Å². The number of nitriles is 1. The zero-order chi connectivity index (χ0) is 22.6. The summed E-state index contributed by atoms with van der Waals surface area (Å²) in [5, 5.41) is 9.16. The maximum absolute atomic E-state index is 14.5. The summed E-state index contributed by atoms with van der Waals surface area (Å²) in [6.45, 7) is 3.56. The molecular formula is C22H18FN5O2S. The third-order valence-electron chi connectivity index (χ3n) is 4.33. The van der Waals surface area contributed by atoms with E-state index in [2.05, 4.69) is 31.5 Å². The van der Waals surface area contributed by atoms with E-state index < -0.39 is 15.8 Å². The van der Waals surface area contributed by atoms with Gasteiger partial charge in [0.25, 0.3) is 0 Å². The molecule has 0 atom stereocenters. The number of nitrogens with zero attached hydrogens (tertiary/aromatic N) is 4. The standard InChI is InChI=1S/C22H18FN5O2S/c1-4-20-17(7-5-16-10-21(14(2)25-12-16)28-31(3,29)30)22(27-13-26-20)18-9-15(11-24)6-8-19(18)23/h6,8-10,12-13,28H,4H2,1-3H3. The molecule has 2 heterocycles. The highest BCUT2D eigenvalue weighted by Gasteiger charge is 2.15. The van der Waals surface area contributed by atoms with Crippen LogP contribution in [0.25, 0.3) is 11.3 Å². The van der Waals surface area contributed by atoms with Gasteiger partial charge in [-0.1, -0.05) is 18.8 Å². The average molecular weight is 435 g/mol. The summed E-state index contributed by atoms with van der Waals surface area (Å²) in [4.78, 5) is 12.6. The smallest absolute Gasteiger partial charge is 0.229 e. The van der Waals surface area contributed by atoms with Crippen LogP contribution in [0.2, 0.25) is 0 Å². The Balaban J connectivity index is 2.14. The number of nitrogens with one attached hydrogen (secondary N) is 1. The number of hydrogen-bond acceptors (Lipinski definition) is 6. The molecule has 0 fully saturated rings. The third kappa shape index (κ3) is 5.21. The van der Waals surface area contributed by atoms with E-state index in [1.165, 1.54) is 30.7 Å². The second-order valence-electron chi connectivity index (χ2n) is 6.69. The number of anilines is 1. The fourth-order valence-electron chi connectivity index (χ4n) is 2.84. The zero-order valence-corrected chi connectivity index (χ0v) is 17.9. The van der Waals surface area contributed by atoms with Crippen molar-refractivity contribution in [3.05, 3.63) is 70.7 Å². The van der Waals surface area contributed by atoms with Crippen LogP contribution in [0, 0.1) is 35.9 Å². The molecule has 1 aromatic carbocycles. The fraction of sp³-hybridized carbons (Fsp3) is 0.182. The van der Waals surface area contributed by atoms with E-state index in [9.17, 15) is 12.8 Å². The Hall–Kier alpha value is -3.82. The van der Waals surface area contributed by atoms with E-state index in [4.69, 9.17) is 5.26 Å². The lowest BCUT2D eigenvalue weighted by atomic mass is 10.0. The van der Waals surface area contributed by atoms with E-state index in [1.54, 1.807) is 13.0 Å². The van der Waals surface area contributed by atoms with Gasteiger partial charge >= 0.3 is 0 Å². The van der Waals surface area contributed by atoms with Crippen molar-refractivity contribution in [2.45, 2.75) is 20.3 Å². The van der Waals surface area contributed by atoms with Crippen molar-refractivity contribution in [1.82, 2.24) is 15.0 Å². The van der Waals surface area contributed by atoms with Crippen LogP contribution in [0.15, 0.2) is 36.8 Å². The highest BCUT2D eigenvalue weighted by Crippen LogP contribution is 2.26. The van der Waals surface area contributed by atoms with Crippen LogP contribution in [0.5, 0.6) is 0 Å². The monoisotopic (exact) mass is 435 g/mol. The van der Waals surface area contributed by atoms with Crippen molar-refractivity contribution in [3.63, 3.8) is 0 Å². The van der Waals surface area contributed by atoms with Gasteiger partial charge in [0.2, 0.25) is 10.0 Å². The molecule has 31 heavy (non-hydrogen) atoms. The lowest BCUT2D eigenvalue weighted by Gasteiger charge is -2.09. The molecule has 9 heteroatoms. The molecule has 0 saturated heterocycles. The fourth-order valence-corrected chi connectivity index (χ4v) is 3.45. The van der Waals surface area contributed by atoms with Crippen molar-refractivity contribution >= 4 is 15.7 Å². The topological polar surface area (TPSA) is 109 Å². The van der Waals surface area contributed by atoms with E-state index in [0.717, 1.165) is 6.26 Å². The number of sulfonamides is 1. The van der Waals surface area contributed by atoms with Gasteiger partial charge in [-0.2, -0.15) is 5.26 Å². The van der Waals surface area contributed by atoms with Crippen LogP contribution in [0.3, 0.4) is 0 Å². The van der Waals surface area contributed by atoms with Crippen LogP contribution < -0.4 is 4.72 Å². The summed E-state index contributed by atoms with van der Waals surface area (Å²) < 4.78 is 40.1. The SMILES string of the molecule is CCc1ncnc(-c2cc(C#N)ccc2F)c1C#Cc1cnc(C)c(NS(C)(=O)=O)c1.